The van der Waals surface area contributed by atoms with Gasteiger partial charge in [-0.05, 0) is 42.0 Å². The second-order valence-electron chi connectivity index (χ2n) is 5.23. The normalized spacial score (nSPS) is 10.2. The Balaban J connectivity index is 1.45. The van der Waals surface area contributed by atoms with Crippen molar-refractivity contribution in [1.82, 2.24) is 4.98 Å². The molecule has 24 heavy (non-hydrogen) atoms. The highest BCUT2D eigenvalue weighted by atomic mass is 16.5. The largest absolute Gasteiger partial charge is 0.490 e. The number of aromatic nitrogens is 1. The summed E-state index contributed by atoms with van der Waals surface area (Å²) in [6, 6.07) is 23.6. The number of hydrogen-bond acceptors (Lipinski definition) is 4. The number of hydrogen-bond donors (Lipinski definition) is 1. The molecular formula is C20H20N2O2. The predicted octanol–water partition coefficient (Wildman–Crippen LogP) is 4.15. The third-order valence-corrected chi connectivity index (χ3v) is 3.40. The minimum Gasteiger partial charge on any atom is -0.490 e. The number of benzene rings is 2. The Labute approximate surface area is 142 Å². The van der Waals surface area contributed by atoms with Gasteiger partial charge in [0.15, 0.2) is 0 Å². The number of pyridine rings is 1. The first-order valence-corrected chi connectivity index (χ1v) is 7.95. The van der Waals surface area contributed by atoms with Gasteiger partial charge in [0.05, 0.1) is 0 Å². The quantitative estimate of drug-likeness (QED) is 0.633. The van der Waals surface area contributed by atoms with Gasteiger partial charge in [-0.25, -0.2) is 4.98 Å². The Hall–Kier alpha value is -3.01. The molecule has 4 nitrogen and oxygen atoms in total. The summed E-state index contributed by atoms with van der Waals surface area (Å²) in [4.78, 5) is 4.25. The van der Waals surface area contributed by atoms with Crippen LogP contribution in [0.3, 0.4) is 0 Å². The molecule has 0 atom stereocenters. The van der Waals surface area contributed by atoms with Crippen molar-refractivity contribution < 1.29 is 9.47 Å². The minimum absolute atomic E-state index is 0.506. The highest BCUT2D eigenvalue weighted by Gasteiger charge is 1.99. The highest BCUT2D eigenvalue weighted by Crippen LogP contribution is 2.15. The summed E-state index contributed by atoms with van der Waals surface area (Å²) in [7, 11) is 0. The highest BCUT2D eigenvalue weighted by molar-refractivity contribution is 5.36. The van der Waals surface area contributed by atoms with Gasteiger partial charge >= 0.3 is 0 Å². The second kappa shape index (κ2) is 8.58. The van der Waals surface area contributed by atoms with Crippen LogP contribution in [0.1, 0.15) is 5.56 Å². The van der Waals surface area contributed by atoms with Gasteiger partial charge in [-0.15, -0.1) is 0 Å². The van der Waals surface area contributed by atoms with Crippen molar-refractivity contribution in [2.45, 2.75) is 6.54 Å². The van der Waals surface area contributed by atoms with E-state index in [-0.39, 0.29) is 0 Å². The van der Waals surface area contributed by atoms with Crippen LogP contribution < -0.4 is 14.8 Å². The fourth-order valence-corrected chi connectivity index (χ4v) is 2.24. The van der Waals surface area contributed by atoms with Crippen molar-refractivity contribution in [2.24, 2.45) is 0 Å². The molecule has 1 aromatic heterocycles. The molecule has 0 aliphatic carbocycles. The molecule has 3 rings (SSSR count). The lowest BCUT2D eigenvalue weighted by Gasteiger charge is -2.10. The second-order valence-corrected chi connectivity index (χ2v) is 5.23. The van der Waals surface area contributed by atoms with E-state index in [2.05, 4.69) is 16.4 Å². The number of ether oxygens (including phenoxy) is 2. The maximum absolute atomic E-state index is 5.75. The third-order valence-electron chi connectivity index (χ3n) is 3.40. The average molecular weight is 320 g/mol. The van der Waals surface area contributed by atoms with E-state index in [9.17, 15) is 0 Å². The van der Waals surface area contributed by atoms with Crippen molar-refractivity contribution in [2.75, 3.05) is 18.5 Å². The van der Waals surface area contributed by atoms with E-state index in [1.165, 1.54) is 0 Å². The molecule has 1 heterocycles. The van der Waals surface area contributed by atoms with E-state index < -0.39 is 0 Å². The van der Waals surface area contributed by atoms with Crippen LogP contribution in [0.15, 0.2) is 79.0 Å². The molecule has 0 aliphatic heterocycles. The molecule has 0 spiro atoms. The van der Waals surface area contributed by atoms with Crippen molar-refractivity contribution in [1.29, 1.82) is 0 Å². The molecule has 2 aromatic carbocycles. The first-order chi connectivity index (χ1) is 11.9. The molecule has 1 N–H and O–H groups in total. The van der Waals surface area contributed by atoms with E-state index in [1.54, 1.807) is 6.20 Å². The van der Waals surface area contributed by atoms with Crippen LogP contribution in [0.2, 0.25) is 0 Å². The number of nitrogens with zero attached hydrogens (tertiary/aromatic N) is 1. The first-order valence-electron chi connectivity index (χ1n) is 7.95. The summed E-state index contributed by atoms with van der Waals surface area (Å²) in [6.07, 6.45) is 1.77. The van der Waals surface area contributed by atoms with Gasteiger partial charge in [0.2, 0.25) is 0 Å². The summed E-state index contributed by atoms with van der Waals surface area (Å²) in [6.45, 7) is 1.72. The monoisotopic (exact) mass is 320 g/mol. The summed E-state index contributed by atoms with van der Waals surface area (Å²) in [5, 5.41) is 3.29. The van der Waals surface area contributed by atoms with E-state index in [0.717, 1.165) is 22.9 Å². The molecule has 0 bridgehead atoms. The van der Waals surface area contributed by atoms with Crippen molar-refractivity contribution >= 4 is 5.82 Å². The maximum atomic E-state index is 5.75. The van der Waals surface area contributed by atoms with Crippen molar-refractivity contribution in [3.63, 3.8) is 0 Å². The van der Waals surface area contributed by atoms with Gasteiger partial charge in [0.1, 0.15) is 30.5 Å². The molecule has 0 saturated carbocycles. The molecule has 0 saturated heterocycles. The third kappa shape index (κ3) is 5.02. The summed E-state index contributed by atoms with van der Waals surface area (Å²) >= 11 is 0. The van der Waals surface area contributed by atoms with Crippen LogP contribution in [0.4, 0.5) is 5.82 Å². The number of nitrogens with one attached hydrogen (secondary N) is 1. The molecule has 0 aliphatic rings. The molecule has 0 amide bonds. The van der Waals surface area contributed by atoms with Gasteiger partial charge in [0, 0.05) is 12.7 Å². The fraction of sp³-hybridized carbons (Fsp3) is 0.150. The Kier molecular flexibility index (Phi) is 5.67. The lowest BCUT2D eigenvalue weighted by Crippen LogP contribution is -2.09. The molecule has 4 heteroatoms. The molecular weight excluding hydrogens is 300 g/mol. The molecule has 3 aromatic rings. The van der Waals surface area contributed by atoms with Crippen molar-refractivity contribution in [3.8, 4) is 11.5 Å². The Morgan fingerprint density at radius 1 is 0.750 bits per heavy atom. The van der Waals surface area contributed by atoms with Gasteiger partial charge in [-0.1, -0.05) is 36.4 Å². The SMILES string of the molecule is c1ccc(OCCOc2cccc(CNc3ccccn3)c2)cc1. The Morgan fingerprint density at radius 3 is 2.29 bits per heavy atom. The maximum Gasteiger partial charge on any atom is 0.126 e. The van der Waals surface area contributed by atoms with Crippen molar-refractivity contribution in [3.05, 3.63) is 84.6 Å². The lowest BCUT2D eigenvalue weighted by molar-refractivity contribution is 0.217. The zero-order valence-corrected chi connectivity index (χ0v) is 13.4. The zero-order chi connectivity index (χ0) is 16.5. The van der Waals surface area contributed by atoms with Crippen LogP contribution in [0.5, 0.6) is 11.5 Å². The smallest absolute Gasteiger partial charge is 0.126 e. The van der Waals surface area contributed by atoms with Gasteiger partial charge < -0.3 is 14.8 Å². The van der Waals surface area contributed by atoms with Gasteiger partial charge in [-0.2, -0.15) is 0 Å². The lowest BCUT2D eigenvalue weighted by atomic mass is 10.2. The topological polar surface area (TPSA) is 43.4 Å². The van der Waals surface area contributed by atoms with E-state index in [1.807, 2.05) is 66.7 Å². The molecule has 0 fully saturated rings. The Bertz CT molecular complexity index is 733. The summed E-state index contributed by atoms with van der Waals surface area (Å²) in [5.41, 5.74) is 1.14. The zero-order valence-electron chi connectivity index (χ0n) is 13.4. The number of anilines is 1. The standard InChI is InChI=1S/C20H20N2O2/c1-2-8-18(9-3-1)23-13-14-24-19-10-6-7-17(15-19)16-22-20-11-4-5-12-21-20/h1-12,15H,13-14,16H2,(H,21,22). The van der Waals surface area contributed by atoms with Crippen LogP contribution in [0.25, 0.3) is 0 Å². The summed E-state index contributed by atoms with van der Waals surface area (Å²) in [5.74, 6) is 2.56. The molecule has 0 radical (unpaired) electrons. The van der Waals surface area contributed by atoms with Crippen LogP contribution >= 0.6 is 0 Å². The molecule has 122 valence electrons. The first kappa shape index (κ1) is 15.9. The van der Waals surface area contributed by atoms with Crippen LogP contribution in [-0.2, 0) is 6.54 Å². The van der Waals surface area contributed by atoms with Gasteiger partial charge in [0.25, 0.3) is 0 Å². The predicted molar refractivity (Wildman–Crippen MR) is 95.4 cm³/mol. The molecule has 0 unspecified atom stereocenters. The summed E-state index contributed by atoms with van der Waals surface area (Å²) < 4.78 is 11.4. The fourth-order valence-electron chi connectivity index (χ4n) is 2.24. The van der Waals surface area contributed by atoms with Gasteiger partial charge in [-0.3, -0.25) is 0 Å². The van der Waals surface area contributed by atoms with E-state index in [0.29, 0.717) is 19.8 Å². The minimum atomic E-state index is 0.506. The number of rotatable bonds is 8. The van der Waals surface area contributed by atoms with Crippen LogP contribution in [-0.4, -0.2) is 18.2 Å². The number of para-hydroxylation sites is 1. The van der Waals surface area contributed by atoms with Crippen LogP contribution in [0, 0.1) is 0 Å². The van der Waals surface area contributed by atoms with E-state index >= 15 is 0 Å². The average Bonchev–Trinajstić information content (AvgIpc) is 2.66. The Morgan fingerprint density at radius 2 is 1.50 bits per heavy atom. The van der Waals surface area contributed by atoms with E-state index in [4.69, 9.17) is 9.47 Å².